The SMILES string of the molecule is O=C(CCc1ccccc1)NCCN1C(=O)S/C(=C\c2ccccc2)C1=O. The fourth-order valence-electron chi connectivity index (χ4n) is 2.69. The number of benzene rings is 2. The average Bonchev–Trinajstić information content (AvgIpc) is 2.95. The van der Waals surface area contributed by atoms with Gasteiger partial charge in [-0.05, 0) is 35.4 Å². The molecule has 0 unspecified atom stereocenters. The summed E-state index contributed by atoms with van der Waals surface area (Å²) in [5.74, 6) is -0.405. The van der Waals surface area contributed by atoms with Crippen molar-refractivity contribution in [3.8, 4) is 0 Å². The maximum atomic E-state index is 12.4. The molecule has 0 saturated carbocycles. The van der Waals surface area contributed by atoms with Crippen molar-refractivity contribution >= 4 is 34.9 Å². The van der Waals surface area contributed by atoms with Gasteiger partial charge in [-0.25, -0.2) is 0 Å². The van der Waals surface area contributed by atoms with Gasteiger partial charge in [0.15, 0.2) is 0 Å². The number of nitrogens with zero attached hydrogens (tertiary/aromatic N) is 1. The van der Waals surface area contributed by atoms with Crippen molar-refractivity contribution in [2.45, 2.75) is 12.8 Å². The zero-order valence-corrected chi connectivity index (χ0v) is 15.6. The highest BCUT2D eigenvalue weighted by Gasteiger charge is 2.34. The van der Waals surface area contributed by atoms with Crippen molar-refractivity contribution < 1.29 is 14.4 Å². The molecule has 138 valence electrons. The molecular weight excluding hydrogens is 360 g/mol. The lowest BCUT2D eigenvalue weighted by atomic mass is 10.1. The normalized spacial score (nSPS) is 15.4. The molecule has 3 rings (SSSR count). The molecule has 0 aromatic heterocycles. The highest BCUT2D eigenvalue weighted by Crippen LogP contribution is 2.31. The predicted octanol–water partition coefficient (Wildman–Crippen LogP) is 3.47. The minimum Gasteiger partial charge on any atom is -0.354 e. The number of nitrogens with one attached hydrogen (secondary N) is 1. The molecule has 27 heavy (non-hydrogen) atoms. The van der Waals surface area contributed by atoms with Gasteiger partial charge in [0.2, 0.25) is 5.91 Å². The summed E-state index contributed by atoms with van der Waals surface area (Å²) in [6, 6.07) is 19.2. The molecule has 1 aliphatic rings. The van der Waals surface area contributed by atoms with Crippen LogP contribution in [0.1, 0.15) is 17.5 Å². The topological polar surface area (TPSA) is 66.5 Å². The molecule has 0 aliphatic carbocycles. The van der Waals surface area contributed by atoms with Crippen LogP contribution in [0, 0.1) is 0 Å². The molecule has 1 saturated heterocycles. The quantitative estimate of drug-likeness (QED) is 0.747. The summed E-state index contributed by atoms with van der Waals surface area (Å²) in [7, 11) is 0. The molecular formula is C21H20N2O3S. The zero-order valence-electron chi connectivity index (χ0n) is 14.8. The maximum absolute atomic E-state index is 12.4. The fourth-order valence-corrected chi connectivity index (χ4v) is 3.56. The van der Waals surface area contributed by atoms with Crippen LogP contribution >= 0.6 is 11.8 Å². The summed E-state index contributed by atoms with van der Waals surface area (Å²) >= 11 is 0.929. The summed E-state index contributed by atoms with van der Waals surface area (Å²) in [4.78, 5) is 38.0. The van der Waals surface area contributed by atoms with Crippen LogP contribution in [-0.4, -0.2) is 35.0 Å². The Morgan fingerprint density at radius 1 is 1.00 bits per heavy atom. The van der Waals surface area contributed by atoms with E-state index in [0.29, 0.717) is 17.7 Å². The third-order valence-electron chi connectivity index (χ3n) is 4.11. The lowest BCUT2D eigenvalue weighted by Gasteiger charge is -2.13. The van der Waals surface area contributed by atoms with E-state index < -0.39 is 0 Å². The molecule has 1 fully saturated rings. The molecule has 0 radical (unpaired) electrons. The largest absolute Gasteiger partial charge is 0.354 e. The highest BCUT2D eigenvalue weighted by molar-refractivity contribution is 8.18. The van der Waals surface area contributed by atoms with Crippen LogP contribution in [0.4, 0.5) is 4.79 Å². The summed E-state index contributed by atoms with van der Waals surface area (Å²) in [6.45, 7) is 0.429. The van der Waals surface area contributed by atoms with Gasteiger partial charge in [-0.3, -0.25) is 19.3 Å². The summed E-state index contributed by atoms with van der Waals surface area (Å²) in [5.41, 5.74) is 1.97. The van der Waals surface area contributed by atoms with Crippen LogP contribution < -0.4 is 5.32 Å². The first kappa shape index (κ1) is 18.9. The maximum Gasteiger partial charge on any atom is 0.293 e. The van der Waals surface area contributed by atoms with Crippen LogP contribution in [0.2, 0.25) is 0 Å². The molecule has 1 N–H and O–H groups in total. The second-order valence-electron chi connectivity index (χ2n) is 6.08. The monoisotopic (exact) mass is 380 g/mol. The van der Waals surface area contributed by atoms with Crippen molar-refractivity contribution in [1.29, 1.82) is 0 Å². The Morgan fingerprint density at radius 2 is 1.67 bits per heavy atom. The van der Waals surface area contributed by atoms with E-state index in [-0.39, 0.29) is 30.1 Å². The Kier molecular flexibility index (Phi) is 6.44. The Hall–Kier alpha value is -2.86. The zero-order chi connectivity index (χ0) is 19.1. The molecule has 3 amide bonds. The molecule has 6 heteroatoms. The van der Waals surface area contributed by atoms with E-state index in [1.165, 1.54) is 4.90 Å². The Bertz CT molecular complexity index is 850. The second kappa shape index (κ2) is 9.19. The Morgan fingerprint density at radius 3 is 2.37 bits per heavy atom. The number of hydrogen-bond donors (Lipinski definition) is 1. The van der Waals surface area contributed by atoms with E-state index in [0.717, 1.165) is 22.9 Å². The van der Waals surface area contributed by atoms with Gasteiger partial charge in [0.25, 0.3) is 11.1 Å². The van der Waals surface area contributed by atoms with Gasteiger partial charge in [-0.2, -0.15) is 0 Å². The van der Waals surface area contributed by atoms with Crippen molar-refractivity contribution in [3.63, 3.8) is 0 Å². The third kappa shape index (κ3) is 5.31. The summed E-state index contributed by atoms with van der Waals surface area (Å²) in [6.07, 6.45) is 2.75. The lowest BCUT2D eigenvalue weighted by Crippen LogP contribution is -2.37. The van der Waals surface area contributed by atoms with Gasteiger partial charge in [-0.15, -0.1) is 0 Å². The van der Waals surface area contributed by atoms with Crippen molar-refractivity contribution in [3.05, 3.63) is 76.7 Å². The molecule has 5 nitrogen and oxygen atoms in total. The van der Waals surface area contributed by atoms with Crippen LogP contribution in [0.5, 0.6) is 0 Å². The second-order valence-corrected chi connectivity index (χ2v) is 7.07. The van der Waals surface area contributed by atoms with E-state index in [2.05, 4.69) is 5.32 Å². The summed E-state index contributed by atoms with van der Waals surface area (Å²) in [5, 5.41) is 2.47. The van der Waals surface area contributed by atoms with Gasteiger partial charge in [0.05, 0.1) is 4.91 Å². The van der Waals surface area contributed by atoms with Crippen LogP contribution in [0.25, 0.3) is 6.08 Å². The minimum absolute atomic E-state index is 0.0920. The molecule has 2 aromatic rings. The van der Waals surface area contributed by atoms with Crippen LogP contribution in [0.15, 0.2) is 65.6 Å². The standard InChI is InChI=1S/C21H20N2O3S/c24-19(12-11-16-7-3-1-4-8-16)22-13-14-23-20(25)18(27-21(23)26)15-17-9-5-2-6-10-17/h1-10,15H,11-14H2,(H,22,24)/b18-15-. The van der Waals surface area contributed by atoms with E-state index >= 15 is 0 Å². The van der Waals surface area contributed by atoms with Crippen molar-refractivity contribution in [2.75, 3.05) is 13.1 Å². The Balaban J connectivity index is 1.46. The summed E-state index contributed by atoms with van der Waals surface area (Å²) < 4.78 is 0. The smallest absolute Gasteiger partial charge is 0.293 e. The number of thioether (sulfide) groups is 1. The van der Waals surface area contributed by atoms with Gasteiger partial charge >= 0.3 is 0 Å². The number of imide groups is 1. The van der Waals surface area contributed by atoms with Gasteiger partial charge in [0, 0.05) is 19.5 Å². The number of carbonyl (C=O) groups excluding carboxylic acids is 3. The van der Waals surface area contributed by atoms with E-state index in [9.17, 15) is 14.4 Å². The molecule has 0 bridgehead atoms. The number of aryl methyl sites for hydroxylation is 1. The number of carbonyl (C=O) groups is 3. The average molecular weight is 380 g/mol. The van der Waals surface area contributed by atoms with Crippen molar-refractivity contribution in [2.24, 2.45) is 0 Å². The first-order valence-corrected chi connectivity index (χ1v) is 9.56. The molecule has 0 spiro atoms. The van der Waals surface area contributed by atoms with Crippen molar-refractivity contribution in [1.82, 2.24) is 10.2 Å². The van der Waals surface area contributed by atoms with E-state index in [1.807, 2.05) is 60.7 Å². The molecule has 1 heterocycles. The number of amides is 3. The third-order valence-corrected chi connectivity index (χ3v) is 5.02. The van der Waals surface area contributed by atoms with Crippen LogP contribution in [-0.2, 0) is 16.0 Å². The first-order valence-electron chi connectivity index (χ1n) is 8.74. The van der Waals surface area contributed by atoms with Gasteiger partial charge in [0.1, 0.15) is 0 Å². The lowest BCUT2D eigenvalue weighted by molar-refractivity contribution is -0.124. The fraction of sp³-hybridized carbons (Fsp3) is 0.190. The van der Waals surface area contributed by atoms with Crippen LogP contribution in [0.3, 0.4) is 0 Å². The van der Waals surface area contributed by atoms with Gasteiger partial charge in [-0.1, -0.05) is 60.7 Å². The predicted molar refractivity (Wildman–Crippen MR) is 107 cm³/mol. The number of hydrogen-bond acceptors (Lipinski definition) is 4. The molecule has 0 atom stereocenters. The number of rotatable bonds is 7. The van der Waals surface area contributed by atoms with E-state index in [1.54, 1.807) is 6.08 Å². The molecule has 1 aliphatic heterocycles. The Labute approximate surface area is 162 Å². The van der Waals surface area contributed by atoms with Gasteiger partial charge < -0.3 is 5.32 Å². The minimum atomic E-state index is -0.313. The molecule has 2 aromatic carbocycles. The first-order chi connectivity index (χ1) is 13.1. The highest BCUT2D eigenvalue weighted by atomic mass is 32.2. The van der Waals surface area contributed by atoms with E-state index in [4.69, 9.17) is 0 Å².